The van der Waals surface area contributed by atoms with Crippen LogP contribution in [0.3, 0.4) is 0 Å². The van der Waals surface area contributed by atoms with Gasteiger partial charge in [0, 0.05) is 34.6 Å². The number of nitro benzene ring substituents is 1. The fourth-order valence-electron chi connectivity index (χ4n) is 3.92. The number of halogens is 1. The molecule has 0 saturated heterocycles. The average molecular weight is 551 g/mol. The van der Waals surface area contributed by atoms with Crippen molar-refractivity contribution in [2.75, 3.05) is 29.8 Å². The highest BCUT2D eigenvalue weighted by Gasteiger charge is 2.40. The summed E-state index contributed by atoms with van der Waals surface area (Å²) in [4.78, 5) is 50.8. The molecule has 0 spiro atoms. The van der Waals surface area contributed by atoms with Crippen molar-refractivity contribution in [3.05, 3.63) is 92.1 Å². The molecule has 3 amide bonds. The number of imide groups is 1. The van der Waals surface area contributed by atoms with Crippen molar-refractivity contribution in [2.24, 2.45) is 0 Å². The number of carbonyl (C=O) groups excluding carboxylic acids is 3. The monoisotopic (exact) mass is 550 g/mol. The Balaban J connectivity index is 1.59. The van der Waals surface area contributed by atoms with Crippen molar-refractivity contribution >= 4 is 52.1 Å². The number of hydrogen-bond donors (Lipinski definition) is 2. The first-order chi connectivity index (χ1) is 18.5. The van der Waals surface area contributed by atoms with Gasteiger partial charge in [0.25, 0.3) is 23.4 Å². The van der Waals surface area contributed by atoms with Crippen molar-refractivity contribution in [2.45, 2.75) is 13.8 Å². The molecule has 3 aromatic rings. The van der Waals surface area contributed by atoms with Crippen LogP contribution in [-0.4, -0.2) is 36.9 Å². The smallest absolute Gasteiger partial charge is 0.283 e. The largest absolute Gasteiger partial charge is 0.497 e. The number of nitrogens with zero attached hydrogens (tertiary/aromatic N) is 2. The normalized spacial score (nSPS) is 13.0. The number of ether oxygens (including phenoxy) is 2. The van der Waals surface area contributed by atoms with E-state index >= 15 is 0 Å². The Morgan fingerprint density at radius 1 is 0.949 bits per heavy atom. The molecule has 0 bridgehead atoms. The van der Waals surface area contributed by atoms with Crippen LogP contribution in [0.15, 0.2) is 65.3 Å². The first-order valence-corrected chi connectivity index (χ1v) is 11.9. The Kier molecular flexibility index (Phi) is 7.54. The SMILES string of the molecule is COc1ccc(N2C(=O)C(Cl)=C(Nc3cc(C(=O)Nc4ccc(C)c([N+](=O)[O-])c4)ccc3C)C2=O)c(OC)c1. The number of hydrogen-bond acceptors (Lipinski definition) is 8. The first-order valence-electron chi connectivity index (χ1n) is 11.5. The lowest BCUT2D eigenvalue weighted by atomic mass is 10.1. The van der Waals surface area contributed by atoms with Gasteiger partial charge >= 0.3 is 0 Å². The number of carbonyl (C=O) groups is 3. The van der Waals surface area contributed by atoms with E-state index in [2.05, 4.69) is 10.6 Å². The first kappa shape index (κ1) is 27.1. The van der Waals surface area contributed by atoms with E-state index in [0.717, 1.165) is 4.90 Å². The number of nitro groups is 1. The number of benzene rings is 3. The van der Waals surface area contributed by atoms with Crippen molar-refractivity contribution in [1.29, 1.82) is 0 Å². The van der Waals surface area contributed by atoms with E-state index in [0.29, 0.717) is 22.6 Å². The van der Waals surface area contributed by atoms with Gasteiger partial charge in [-0.05, 0) is 49.7 Å². The van der Waals surface area contributed by atoms with Crippen molar-refractivity contribution in [3.63, 3.8) is 0 Å². The molecule has 1 aliphatic heterocycles. The van der Waals surface area contributed by atoms with Crippen molar-refractivity contribution < 1.29 is 28.8 Å². The van der Waals surface area contributed by atoms with Gasteiger partial charge in [0.2, 0.25) is 0 Å². The molecule has 0 atom stereocenters. The molecule has 1 aliphatic rings. The summed E-state index contributed by atoms with van der Waals surface area (Å²) in [5, 5.41) is 16.4. The minimum atomic E-state index is -0.750. The molecule has 0 fully saturated rings. The number of aryl methyl sites for hydroxylation is 2. The lowest BCUT2D eigenvalue weighted by molar-refractivity contribution is -0.385. The molecule has 200 valence electrons. The van der Waals surface area contributed by atoms with Crippen LogP contribution >= 0.6 is 11.6 Å². The molecule has 0 aliphatic carbocycles. The number of anilines is 3. The van der Waals surface area contributed by atoms with Crippen LogP contribution in [0.5, 0.6) is 11.5 Å². The molecule has 4 rings (SSSR count). The summed E-state index contributed by atoms with van der Waals surface area (Å²) in [6.45, 7) is 3.34. The summed E-state index contributed by atoms with van der Waals surface area (Å²) < 4.78 is 10.5. The Labute approximate surface area is 228 Å². The second kappa shape index (κ2) is 10.8. The molecule has 0 radical (unpaired) electrons. The van der Waals surface area contributed by atoms with Gasteiger partial charge in [-0.3, -0.25) is 24.5 Å². The number of rotatable bonds is 8. The summed E-state index contributed by atoms with van der Waals surface area (Å²) >= 11 is 6.29. The summed E-state index contributed by atoms with van der Waals surface area (Å²) in [5.74, 6) is -1.30. The Morgan fingerprint density at radius 3 is 2.33 bits per heavy atom. The quantitative estimate of drug-likeness (QED) is 0.229. The predicted molar refractivity (Wildman–Crippen MR) is 146 cm³/mol. The fraction of sp³-hybridized carbons (Fsp3) is 0.148. The zero-order chi connectivity index (χ0) is 28.4. The zero-order valence-corrected chi connectivity index (χ0v) is 22.1. The van der Waals surface area contributed by atoms with E-state index in [1.165, 1.54) is 44.6 Å². The standard InChI is InChI=1S/C27H23ClN4O7/c1-14-5-7-16(25(33)29-17-8-6-15(2)21(12-17)32(36)37)11-19(14)30-24-23(28)26(34)31(27(24)35)20-10-9-18(38-3)13-22(20)39-4/h5-13,30H,1-4H3,(H,29,33). The van der Waals surface area contributed by atoms with Crippen molar-refractivity contribution in [1.82, 2.24) is 0 Å². The van der Waals surface area contributed by atoms with Gasteiger partial charge < -0.3 is 20.1 Å². The molecule has 11 nitrogen and oxygen atoms in total. The molecule has 2 N–H and O–H groups in total. The predicted octanol–water partition coefficient (Wildman–Crippen LogP) is 4.92. The van der Waals surface area contributed by atoms with Crippen LogP contribution in [0.1, 0.15) is 21.5 Å². The summed E-state index contributed by atoms with van der Waals surface area (Å²) in [6.07, 6.45) is 0. The zero-order valence-electron chi connectivity index (χ0n) is 21.3. The highest BCUT2D eigenvalue weighted by Crippen LogP contribution is 2.38. The highest BCUT2D eigenvalue weighted by atomic mass is 35.5. The van der Waals surface area contributed by atoms with Crippen LogP contribution in [0.25, 0.3) is 0 Å². The maximum atomic E-state index is 13.3. The Morgan fingerprint density at radius 2 is 1.67 bits per heavy atom. The lowest BCUT2D eigenvalue weighted by Gasteiger charge is -2.19. The maximum Gasteiger partial charge on any atom is 0.283 e. The average Bonchev–Trinajstić information content (AvgIpc) is 3.12. The number of methoxy groups -OCH3 is 2. The molecular weight excluding hydrogens is 528 g/mol. The number of amides is 3. The van der Waals surface area contributed by atoms with Gasteiger partial charge in [0.05, 0.1) is 24.8 Å². The minimum absolute atomic E-state index is 0.122. The molecule has 1 heterocycles. The van der Waals surface area contributed by atoms with Gasteiger partial charge in [0.15, 0.2) is 0 Å². The second-order valence-electron chi connectivity index (χ2n) is 8.54. The Bertz CT molecular complexity index is 1570. The van der Waals surface area contributed by atoms with Crippen LogP contribution < -0.4 is 25.0 Å². The second-order valence-corrected chi connectivity index (χ2v) is 8.92. The van der Waals surface area contributed by atoms with Gasteiger partial charge in [-0.1, -0.05) is 23.7 Å². The highest BCUT2D eigenvalue weighted by molar-refractivity contribution is 6.53. The number of nitrogens with one attached hydrogen (secondary N) is 2. The molecule has 0 aromatic heterocycles. The van der Waals surface area contributed by atoms with E-state index in [9.17, 15) is 24.5 Å². The third kappa shape index (κ3) is 5.25. The molecule has 39 heavy (non-hydrogen) atoms. The third-order valence-corrected chi connectivity index (χ3v) is 6.43. The van der Waals surface area contributed by atoms with Gasteiger partial charge in [-0.2, -0.15) is 0 Å². The molecular formula is C27H23ClN4O7. The molecule has 0 unspecified atom stereocenters. The molecule has 12 heteroatoms. The van der Waals surface area contributed by atoms with E-state index < -0.39 is 22.6 Å². The van der Waals surface area contributed by atoms with Gasteiger partial charge in [-0.25, -0.2) is 4.90 Å². The summed E-state index contributed by atoms with van der Waals surface area (Å²) in [5.41, 5.74) is 1.82. The van der Waals surface area contributed by atoms with Crippen LogP contribution in [-0.2, 0) is 9.59 Å². The van der Waals surface area contributed by atoms with Crippen molar-refractivity contribution in [3.8, 4) is 11.5 Å². The molecule has 0 saturated carbocycles. The van der Waals surface area contributed by atoms with Crippen LogP contribution in [0.4, 0.5) is 22.7 Å². The van der Waals surface area contributed by atoms with Gasteiger partial charge in [-0.15, -0.1) is 0 Å². The van der Waals surface area contributed by atoms with E-state index in [1.807, 2.05) is 0 Å². The van der Waals surface area contributed by atoms with E-state index in [1.54, 1.807) is 38.1 Å². The third-order valence-electron chi connectivity index (χ3n) is 6.08. The lowest BCUT2D eigenvalue weighted by Crippen LogP contribution is -2.32. The summed E-state index contributed by atoms with van der Waals surface area (Å²) in [7, 11) is 2.87. The minimum Gasteiger partial charge on any atom is -0.497 e. The van der Waals surface area contributed by atoms with Crippen LogP contribution in [0, 0.1) is 24.0 Å². The van der Waals surface area contributed by atoms with Gasteiger partial charge in [0.1, 0.15) is 22.2 Å². The van der Waals surface area contributed by atoms with E-state index in [4.69, 9.17) is 21.1 Å². The summed E-state index contributed by atoms with van der Waals surface area (Å²) in [6, 6.07) is 13.7. The maximum absolute atomic E-state index is 13.3. The topological polar surface area (TPSA) is 140 Å². The van der Waals surface area contributed by atoms with Crippen LogP contribution in [0.2, 0.25) is 0 Å². The fourth-order valence-corrected chi connectivity index (χ4v) is 4.13. The van der Waals surface area contributed by atoms with E-state index in [-0.39, 0.29) is 39.1 Å². The Hall–Kier alpha value is -4.90. The molecule has 3 aromatic carbocycles.